The number of amides is 2. The van der Waals surface area contributed by atoms with Gasteiger partial charge in [0.1, 0.15) is 0 Å². The summed E-state index contributed by atoms with van der Waals surface area (Å²) < 4.78 is 0. The first kappa shape index (κ1) is 12.2. The van der Waals surface area contributed by atoms with Crippen LogP contribution in [0.5, 0.6) is 0 Å². The molecular formula is C15H16N2O. The van der Waals surface area contributed by atoms with Crippen LogP contribution in [-0.4, -0.2) is 13.1 Å². The van der Waals surface area contributed by atoms with Gasteiger partial charge in [-0.1, -0.05) is 36.4 Å². The minimum Gasteiger partial charge on any atom is -0.341 e. The van der Waals surface area contributed by atoms with Crippen LogP contribution in [0.15, 0.2) is 48.5 Å². The Hall–Kier alpha value is -2.29. The number of hydrogen-bond donors (Lipinski definition) is 2. The van der Waals surface area contributed by atoms with Gasteiger partial charge in [0.25, 0.3) is 0 Å². The summed E-state index contributed by atoms with van der Waals surface area (Å²) in [4.78, 5) is 11.2. The molecule has 2 N–H and O–H groups in total. The number of hydrogen-bond acceptors (Lipinski definition) is 1. The second-order valence-electron chi connectivity index (χ2n) is 4.10. The second kappa shape index (κ2) is 5.36. The lowest BCUT2D eigenvalue weighted by atomic mass is 10.0. The summed E-state index contributed by atoms with van der Waals surface area (Å²) in [5.41, 5.74) is 4.29. The van der Waals surface area contributed by atoms with E-state index in [1.807, 2.05) is 43.3 Å². The van der Waals surface area contributed by atoms with Crippen molar-refractivity contribution in [3.8, 4) is 11.1 Å². The zero-order valence-corrected chi connectivity index (χ0v) is 10.5. The zero-order valence-electron chi connectivity index (χ0n) is 10.5. The smallest absolute Gasteiger partial charge is 0.318 e. The maximum atomic E-state index is 11.2. The highest BCUT2D eigenvalue weighted by Gasteiger charge is 2.04. The molecule has 0 aromatic heterocycles. The summed E-state index contributed by atoms with van der Waals surface area (Å²) in [5.74, 6) is 0. The van der Waals surface area contributed by atoms with E-state index in [0.29, 0.717) is 0 Å². The molecule has 0 saturated carbocycles. The Morgan fingerprint density at radius 3 is 2.39 bits per heavy atom. The van der Waals surface area contributed by atoms with Gasteiger partial charge in [-0.3, -0.25) is 0 Å². The van der Waals surface area contributed by atoms with Gasteiger partial charge in [0.05, 0.1) is 0 Å². The molecule has 0 unspecified atom stereocenters. The number of carbonyl (C=O) groups excluding carboxylic acids is 1. The zero-order chi connectivity index (χ0) is 13.0. The van der Waals surface area contributed by atoms with Gasteiger partial charge in [0, 0.05) is 12.7 Å². The maximum Gasteiger partial charge on any atom is 0.318 e. The molecule has 0 radical (unpaired) electrons. The molecule has 2 aromatic carbocycles. The van der Waals surface area contributed by atoms with Gasteiger partial charge in [-0.15, -0.1) is 0 Å². The van der Waals surface area contributed by atoms with Crippen LogP contribution < -0.4 is 10.6 Å². The molecule has 0 atom stereocenters. The first-order valence-electron chi connectivity index (χ1n) is 5.85. The second-order valence-corrected chi connectivity index (χ2v) is 4.10. The molecule has 3 nitrogen and oxygen atoms in total. The number of nitrogens with one attached hydrogen (secondary N) is 2. The molecule has 3 heteroatoms. The van der Waals surface area contributed by atoms with Gasteiger partial charge in [0.15, 0.2) is 0 Å². The standard InChI is InChI=1S/C15H16N2O/c1-11-10-13(17-15(18)16-2)8-9-14(11)12-6-4-3-5-7-12/h3-10H,1-2H3,(H2,16,17,18). The fourth-order valence-electron chi connectivity index (χ4n) is 1.88. The van der Waals surface area contributed by atoms with E-state index in [2.05, 4.69) is 22.8 Å². The van der Waals surface area contributed by atoms with E-state index in [9.17, 15) is 4.79 Å². The molecule has 2 aromatic rings. The predicted octanol–water partition coefficient (Wildman–Crippen LogP) is 3.41. The van der Waals surface area contributed by atoms with Crippen LogP contribution in [0, 0.1) is 6.92 Å². The van der Waals surface area contributed by atoms with Crippen LogP contribution >= 0.6 is 0 Å². The van der Waals surface area contributed by atoms with Crippen molar-refractivity contribution in [1.29, 1.82) is 0 Å². The van der Waals surface area contributed by atoms with Crippen LogP contribution in [0.25, 0.3) is 11.1 Å². The van der Waals surface area contributed by atoms with E-state index < -0.39 is 0 Å². The normalized spacial score (nSPS) is 9.89. The number of benzene rings is 2. The lowest BCUT2D eigenvalue weighted by Gasteiger charge is -2.09. The Labute approximate surface area is 107 Å². The molecule has 18 heavy (non-hydrogen) atoms. The number of urea groups is 1. The minimum atomic E-state index is -0.207. The van der Waals surface area contributed by atoms with E-state index >= 15 is 0 Å². The largest absolute Gasteiger partial charge is 0.341 e. The van der Waals surface area contributed by atoms with Crippen molar-refractivity contribution >= 4 is 11.7 Å². The lowest BCUT2D eigenvalue weighted by Crippen LogP contribution is -2.24. The molecule has 0 aliphatic rings. The number of carbonyl (C=O) groups is 1. The summed E-state index contributed by atoms with van der Waals surface area (Å²) in [6.07, 6.45) is 0. The molecule has 2 rings (SSSR count). The average Bonchev–Trinajstić information content (AvgIpc) is 2.40. The van der Waals surface area contributed by atoms with E-state index in [4.69, 9.17) is 0 Å². The van der Waals surface area contributed by atoms with Crippen molar-refractivity contribution in [2.24, 2.45) is 0 Å². The van der Waals surface area contributed by atoms with Crippen LogP contribution in [0.2, 0.25) is 0 Å². The van der Waals surface area contributed by atoms with Gasteiger partial charge in [0.2, 0.25) is 0 Å². The highest BCUT2D eigenvalue weighted by molar-refractivity contribution is 5.89. The van der Waals surface area contributed by atoms with E-state index in [1.54, 1.807) is 7.05 Å². The van der Waals surface area contributed by atoms with Crippen molar-refractivity contribution in [3.05, 3.63) is 54.1 Å². The summed E-state index contributed by atoms with van der Waals surface area (Å²) in [6.45, 7) is 2.04. The van der Waals surface area contributed by atoms with E-state index in [0.717, 1.165) is 11.3 Å². The molecule has 0 aliphatic heterocycles. The Balaban J connectivity index is 2.28. The van der Waals surface area contributed by atoms with Crippen LogP contribution in [0.3, 0.4) is 0 Å². The van der Waals surface area contributed by atoms with Crippen molar-refractivity contribution in [2.45, 2.75) is 6.92 Å². The topological polar surface area (TPSA) is 41.1 Å². The molecule has 2 amide bonds. The number of anilines is 1. The molecule has 0 saturated heterocycles. The van der Waals surface area contributed by atoms with Gasteiger partial charge in [-0.2, -0.15) is 0 Å². The van der Waals surface area contributed by atoms with Gasteiger partial charge in [-0.25, -0.2) is 4.79 Å². The van der Waals surface area contributed by atoms with Crippen molar-refractivity contribution in [2.75, 3.05) is 12.4 Å². The molecule has 0 heterocycles. The fourth-order valence-corrected chi connectivity index (χ4v) is 1.88. The number of rotatable bonds is 2. The quantitative estimate of drug-likeness (QED) is 0.829. The first-order chi connectivity index (χ1) is 8.70. The third kappa shape index (κ3) is 2.69. The van der Waals surface area contributed by atoms with Crippen molar-refractivity contribution in [1.82, 2.24) is 5.32 Å². The van der Waals surface area contributed by atoms with Gasteiger partial charge in [-0.05, 0) is 35.7 Å². The predicted molar refractivity (Wildman–Crippen MR) is 74.7 cm³/mol. The minimum absolute atomic E-state index is 0.207. The molecular weight excluding hydrogens is 224 g/mol. The highest BCUT2D eigenvalue weighted by Crippen LogP contribution is 2.25. The Kier molecular flexibility index (Phi) is 3.63. The SMILES string of the molecule is CNC(=O)Nc1ccc(-c2ccccc2)c(C)c1. The average molecular weight is 240 g/mol. The third-order valence-electron chi connectivity index (χ3n) is 2.80. The van der Waals surface area contributed by atoms with Gasteiger partial charge < -0.3 is 10.6 Å². The Morgan fingerprint density at radius 1 is 1.06 bits per heavy atom. The molecule has 0 bridgehead atoms. The van der Waals surface area contributed by atoms with E-state index in [1.165, 1.54) is 11.1 Å². The van der Waals surface area contributed by atoms with Crippen LogP contribution in [0.4, 0.5) is 10.5 Å². The van der Waals surface area contributed by atoms with Gasteiger partial charge >= 0.3 is 6.03 Å². The fraction of sp³-hybridized carbons (Fsp3) is 0.133. The lowest BCUT2D eigenvalue weighted by molar-refractivity contribution is 0.254. The summed E-state index contributed by atoms with van der Waals surface area (Å²) in [6, 6.07) is 15.9. The Morgan fingerprint density at radius 2 is 1.78 bits per heavy atom. The summed E-state index contributed by atoms with van der Waals surface area (Å²) >= 11 is 0. The molecule has 92 valence electrons. The first-order valence-corrected chi connectivity index (χ1v) is 5.85. The van der Waals surface area contributed by atoms with Crippen LogP contribution in [-0.2, 0) is 0 Å². The third-order valence-corrected chi connectivity index (χ3v) is 2.80. The Bertz CT molecular complexity index is 550. The summed E-state index contributed by atoms with van der Waals surface area (Å²) in [7, 11) is 1.60. The monoisotopic (exact) mass is 240 g/mol. The van der Waals surface area contributed by atoms with E-state index in [-0.39, 0.29) is 6.03 Å². The summed E-state index contributed by atoms with van der Waals surface area (Å²) in [5, 5.41) is 5.29. The van der Waals surface area contributed by atoms with Crippen molar-refractivity contribution in [3.63, 3.8) is 0 Å². The molecule has 0 spiro atoms. The maximum absolute atomic E-state index is 11.2. The molecule has 0 aliphatic carbocycles. The number of aryl methyl sites for hydroxylation is 1. The van der Waals surface area contributed by atoms with Crippen LogP contribution in [0.1, 0.15) is 5.56 Å². The van der Waals surface area contributed by atoms with Crippen molar-refractivity contribution < 1.29 is 4.79 Å². The molecule has 0 fully saturated rings. The highest BCUT2D eigenvalue weighted by atomic mass is 16.2.